The van der Waals surface area contributed by atoms with Crippen LogP contribution in [0.3, 0.4) is 0 Å². The number of likely N-dealkylation sites (tertiary alicyclic amines) is 1. The molecule has 0 radical (unpaired) electrons. The Labute approximate surface area is 60.4 Å². The number of piperidine rings is 1. The van der Waals surface area contributed by atoms with Crippen LogP contribution in [0.4, 0.5) is 4.39 Å². The minimum Gasteiger partial charge on any atom is -0.315 e. The average molecular weight is 144 g/mol. The van der Waals surface area contributed by atoms with E-state index in [1.54, 1.807) is 0 Å². The van der Waals surface area contributed by atoms with Crippen molar-refractivity contribution in [1.82, 2.24) is 10.2 Å². The summed E-state index contributed by atoms with van der Waals surface area (Å²) in [5.74, 6) is 0.253. The molecule has 0 spiro atoms. The summed E-state index contributed by atoms with van der Waals surface area (Å²) >= 11 is 0. The maximum absolute atomic E-state index is 13.2. The summed E-state index contributed by atoms with van der Waals surface area (Å²) in [6, 6.07) is 0.152. The zero-order valence-electron chi connectivity index (χ0n) is 6.18. The standard InChI is InChI=1S/C7H13FN2/c1-10-4-5-2-9-3-6(10)7(5)8/h5-7,9H,2-4H2,1H3. The highest BCUT2D eigenvalue weighted by Crippen LogP contribution is 2.27. The Bertz CT molecular complexity index is 140. The fourth-order valence-corrected chi connectivity index (χ4v) is 2.03. The molecule has 2 rings (SSSR count). The third kappa shape index (κ3) is 0.772. The van der Waals surface area contributed by atoms with Crippen molar-refractivity contribution in [3.8, 4) is 0 Å². The molecule has 0 amide bonds. The van der Waals surface area contributed by atoms with E-state index in [0.717, 1.165) is 19.6 Å². The van der Waals surface area contributed by atoms with E-state index in [0.29, 0.717) is 0 Å². The van der Waals surface area contributed by atoms with E-state index in [2.05, 4.69) is 10.2 Å². The van der Waals surface area contributed by atoms with Crippen LogP contribution in [-0.2, 0) is 0 Å². The third-order valence-electron chi connectivity index (χ3n) is 2.67. The molecule has 3 heteroatoms. The van der Waals surface area contributed by atoms with Gasteiger partial charge in [-0.25, -0.2) is 4.39 Å². The number of hydrogen-bond donors (Lipinski definition) is 1. The molecular formula is C7H13FN2. The molecule has 0 saturated carbocycles. The molecule has 2 heterocycles. The fourth-order valence-electron chi connectivity index (χ4n) is 2.03. The quantitative estimate of drug-likeness (QED) is 0.509. The zero-order chi connectivity index (χ0) is 7.14. The van der Waals surface area contributed by atoms with E-state index in [4.69, 9.17) is 0 Å². The molecule has 10 heavy (non-hydrogen) atoms. The van der Waals surface area contributed by atoms with Crippen molar-refractivity contribution in [2.75, 3.05) is 26.7 Å². The van der Waals surface area contributed by atoms with Crippen LogP contribution in [0.2, 0.25) is 0 Å². The van der Waals surface area contributed by atoms with Gasteiger partial charge in [0.15, 0.2) is 0 Å². The number of fused-ring (bicyclic) bond motifs is 2. The molecule has 3 atom stereocenters. The molecule has 2 aliphatic heterocycles. The molecule has 2 aliphatic rings. The topological polar surface area (TPSA) is 15.3 Å². The van der Waals surface area contributed by atoms with Gasteiger partial charge in [0.2, 0.25) is 0 Å². The smallest absolute Gasteiger partial charge is 0.122 e. The number of halogens is 1. The van der Waals surface area contributed by atoms with Gasteiger partial charge in [0, 0.05) is 25.6 Å². The maximum atomic E-state index is 13.2. The van der Waals surface area contributed by atoms with Crippen LogP contribution in [0.25, 0.3) is 0 Å². The number of nitrogens with zero attached hydrogens (tertiary/aromatic N) is 1. The molecule has 0 aromatic rings. The minimum absolute atomic E-state index is 0.152. The predicted molar refractivity (Wildman–Crippen MR) is 37.7 cm³/mol. The molecule has 3 unspecified atom stereocenters. The second kappa shape index (κ2) is 2.17. The van der Waals surface area contributed by atoms with Gasteiger partial charge < -0.3 is 5.32 Å². The monoisotopic (exact) mass is 144 g/mol. The molecule has 2 nitrogen and oxygen atoms in total. The Hall–Kier alpha value is -0.150. The summed E-state index contributed by atoms with van der Waals surface area (Å²) in [7, 11) is 2.00. The summed E-state index contributed by atoms with van der Waals surface area (Å²) in [6.07, 6.45) is -0.578. The Kier molecular flexibility index (Phi) is 1.42. The molecule has 0 aliphatic carbocycles. The predicted octanol–water partition coefficient (Wildman–Crippen LogP) is -0.142. The lowest BCUT2D eigenvalue weighted by atomic mass is 10.00. The SMILES string of the molecule is CN1CC2CNCC1C2F. The van der Waals surface area contributed by atoms with Crippen molar-refractivity contribution in [3.63, 3.8) is 0 Å². The first kappa shape index (κ1) is 6.55. The van der Waals surface area contributed by atoms with E-state index in [9.17, 15) is 4.39 Å². The van der Waals surface area contributed by atoms with Gasteiger partial charge in [-0.15, -0.1) is 0 Å². The second-order valence-corrected chi connectivity index (χ2v) is 3.37. The highest BCUT2D eigenvalue weighted by molar-refractivity contribution is 4.97. The first-order valence-corrected chi connectivity index (χ1v) is 3.84. The van der Waals surface area contributed by atoms with Crippen LogP contribution in [0.15, 0.2) is 0 Å². The zero-order valence-corrected chi connectivity index (χ0v) is 6.18. The first-order valence-electron chi connectivity index (χ1n) is 3.84. The van der Waals surface area contributed by atoms with Gasteiger partial charge in [0.05, 0.1) is 6.04 Å². The molecule has 2 saturated heterocycles. The van der Waals surface area contributed by atoms with E-state index < -0.39 is 6.17 Å². The minimum atomic E-state index is -0.578. The average Bonchev–Trinajstić information content (AvgIpc) is 2.16. The summed E-state index contributed by atoms with van der Waals surface area (Å²) in [5, 5.41) is 3.23. The van der Waals surface area contributed by atoms with Gasteiger partial charge in [-0.05, 0) is 7.05 Å². The van der Waals surface area contributed by atoms with Crippen molar-refractivity contribution >= 4 is 0 Å². The first-order chi connectivity index (χ1) is 4.79. The van der Waals surface area contributed by atoms with Gasteiger partial charge in [0.1, 0.15) is 6.17 Å². The largest absolute Gasteiger partial charge is 0.315 e. The van der Waals surface area contributed by atoms with Gasteiger partial charge in [-0.1, -0.05) is 0 Å². The fraction of sp³-hybridized carbons (Fsp3) is 1.00. The lowest BCUT2D eigenvalue weighted by molar-refractivity contribution is 0.175. The maximum Gasteiger partial charge on any atom is 0.122 e. The third-order valence-corrected chi connectivity index (χ3v) is 2.67. The van der Waals surface area contributed by atoms with Gasteiger partial charge in [0.25, 0.3) is 0 Å². The lowest BCUT2D eigenvalue weighted by Gasteiger charge is -2.25. The second-order valence-electron chi connectivity index (χ2n) is 3.37. The molecule has 58 valence electrons. The Balaban J connectivity index is 2.14. The van der Waals surface area contributed by atoms with E-state index in [1.165, 1.54) is 0 Å². The van der Waals surface area contributed by atoms with Crippen LogP contribution in [0.1, 0.15) is 0 Å². The Morgan fingerprint density at radius 2 is 2.30 bits per heavy atom. The van der Waals surface area contributed by atoms with Crippen LogP contribution in [-0.4, -0.2) is 43.8 Å². The summed E-state index contributed by atoms with van der Waals surface area (Å²) < 4.78 is 13.2. The highest BCUT2D eigenvalue weighted by atomic mass is 19.1. The van der Waals surface area contributed by atoms with Gasteiger partial charge in [-0.3, -0.25) is 4.90 Å². The number of alkyl halides is 1. The van der Waals surface area contributed by atoms with E-state index >= 15 is 0 Å². The summed E-state index contributed by atoms with van der Waals surface area (Å²) in [6.45, 7) is 2.62. The molecule has 0 aromatic carbocycles. The number of hydrogen-bond acceptors (Lipinski definition) is 2. The number of nitrogens with one attached hydrogen (secondary N) is 1. The van der Waals surface area contributed by atoms with Crippen molar-refractivity contribution in [3.05, 3.63) is 0 Å². The number of likely N-dealkylation sites (N-methyl/N-ethyl adjacent to an activating group) is 1. The summed E-state index contributed by atoms with van der Waals surface area (Å²) in [5.41, 5.74) is 0. The van der Waals surface area contributed by atoms with Crippen LogP contribution < -0.4 is 5.32 Å². The Morgan fingerprint density at radius 1 is 1.50 bits per heavy atom. The van der Waals surface area contributed by atoms with E-state index in [-0.39, 0.29) is 12.0 Å². The van der Waals surface area contributed by atoms with Crippen LogP contribution in [0, 0.1) is 5.92 Å². The van der Waals surface area contributed by atoms with Gasteiger partial charge in [-0.2, -0.15) is 0 Å². The Morgan fingerprint density at radius 3 is 2.90 bits per heavy atom. The highest BCUT2D eigenvalue weighted by Gasteiger charge is 2.42. The van der Waals surface area contributed by atoms with Crippen LogP contribution >= 0.6 is 0 Å². The molecule has 2 bridgehead atoms. The van der Waals surface area contributed by atoms with Crippen LogP contribution in [0.5, 0.6) is 0 Å². The summed E-state index contributed by atoms with van der Waals surface area (Å²) in [4.78, 5) is 2.12. The number of rotatable bonds is 0. The van der Waals surface area contributed by atoms with Gasteiger partial charge >= 0.3 is 0 Å². The normalized spacial score (nSPS) is 48.0. The van der Waals surface area contributed by atoms with Crippen molar-refractivity contribution in [2.45, 2.75) is 12.2 Å². The van der Waals surface area contributed by atoms with Crippen molar-refractivity contribution in [1.29, 1.82) is 0 Å². The molecule has 2 fully saturated rings. The molecule has 0 aromatic heterocycles. The molecular weight excluding hydrogens is 131 g/mol. The molecule has 1 N–H and O–H groups in total. The van der Waals surface area contributed by atoms with Crippen molar-refractivity contribution in [2.24, 2.45) is 5.92 Å². The van der Waals surface area contributed by atoms with Crippen molar-refractivity contribution < 1.29 is 4.39 Å². The lowest BCUT2D eigenvalue weighted by Crippen LogP contribution is -2.45. The van der Waals surface area contributed by atoms with E-state index in [1.807, 2.05) is 7.05 Å².